The fraction of sp³-hybridized carbons (Fsp3) is 0.257. The Bertz CT molecular complexity index is 2020. The van der Waals surface area contributed by atoms with Gasteiger partial charge in [0.1, 0.15) is 11.6 Å². The summed E-state index contributed by atoms with van der Waals surface area (Å²) in [6.45, 7) is 4.41. The molecule has 0 fully saturated rings. The van der Waals surface area contributed by atoms with Crippen LogP contribution in [0.3, 0.4) is 0 Å². The van der Waals surface area contributed by atoms with Crippen LogP contribution in [0.2, 0.25) is 0 Å². The summed E-state index contributed by atoms with van der Waals surface area (Å²) in [4.78, 5) is 34.1. The van der Waals surface area contributed by atoms with Crippen LogP contribution in [0, 0.1) is 53.7 Å². The van der Waals surface area contributed by atoms with E-state index in [4.69, 9.17) is 14.8 Å². The molecular formula is C35H32F8I2N4O6. The van der Waals surface area contributed by atoms with Crippen LogP contribution in [0.15, 0.2) is 48.5 Å². The maximum absolute atomic E-state index is 14.3. The zero-order valence-electron chi connectivity index (χ0n) is 28.8. The van der Waals surface area contributed by atoms with Gasteiger partial charge in [-0.1, -0.05) is 0 Å². The molecule has 0 aromatic heterocycles. The third kappa shape index (κ3) is 13.4. The molecule has 0 bridgehead atoms. The van der Waals surface area contributed by atoms with E-state index in [0.717, 1.165) is 12.1 Å². The van der Waals surface area contributed by atoms with Gasteiger partial charge in [-0.2, -0.15) is 0 Å². The molecule has 1 atom stereocenters. The predicted octanol–water partition coefficient (Wildman–Crippen LogP) is 8.44. The molecule has 55 heavy (non-hydrogen) atoms. The molecule has 20 heteroatoms. The number of hydrogen-bond acceptors (Lipinski definition) is 8. The third-order valence-electron chi connectivity index (χ3n) is 6.98. The van der Waals surface area contributed by atoms with E-state index in [2.05, 4.69) is 10.6 Å². The number of halogens is 10. The van der Waals surface area contributed by atoms with Gasteiger partial charge in [-0.3, -0.25) is 19.3 Å². The molecule has 0 aliphatic carbocycles. The Kier molecular flexibility index (Phi) is 16.9. The first-order chi connectivity index (χ1) is 25.7. The number of hydroxylamine groups is 2. The van der Waals surface area contributed by atoms with E-state index in [1.807, 2.05) is 56.1 Å². The molecule has 0 radical (unpaired) electrons. The molecule has 4 aromatic rings. The van der Waals surface area contributed by atoms with Gasteiger partial charge >= 0.3 is 0 Å². The summed E-state index contributed by atoms with van der Waals surface area (Å²) in [7, 11) is 0. The second-order valence-electron chi connectivity index (χ2n) is 12.1. The zero-order chi connectivity index (χ0) is 41.2. The van der Waals surface area contributed by atoms with Gasteiger partial charge in [0.2, 0.25) is 0 Å². The Hall–Kier alpha value is -3.84. The van der Waals surface area contributed by atoms with E-state index in [-0.39, 0.29) is 37.4 Å². The fourth-order valence-corrected chi connectivity index (χ4v) is 5.02. The molecule has 0 aliphatic heterocycles. The second kappa shape index (κ2) is 20.4. The molecule has 6 N–H and O–H groups in total. The normalized spacial score (nSPS) is 11.7. The van der Waals surface area contributed by atoms with Crippen molar-refractivity contribution >= 4 is 79.7 Å². The Morgan fingerprint density at radius 3 is 1.44 bits per heavy atom. The molecule has 10 nitrogen and oxygen atoms in total. The molecule has 1 unspecified atom stereocenters. The number of anilines is 4. The van der Waals surface area contributed by atoms with Crippen LogP contribution < -0.4 is 21.6 Å². The first-order valence-corrected chi connectivity index (χ1v) is 17.9. The first kappa shape index (κ1) is 45.5. The van der Waals surface area contributed by atoms with Crippen LogP contribution in [0.5, 0.6) is 0 Å². The van der Waals surface area contributed by atoms with Crippen molar-refractivity contribution in [3.8, 4) is 0 Å². The van der Waals surface area contributed by atoms with E-state index in [1.54, 1.807) is 0 Å². The largest absolute Gasteiger partial charge is 0.393 e. The number of nitrogens with one attached hydrogen (secondary N) is 4. The van der Waals surface area contributed by atoms with Crippen molar-refractivity contribution in [1.29, 1.82) is 0 Å². The lowest BCUT2D eigenvalue weighted by Gasteiger charge is -2.17. The smallest absolute Gasteiger partial charge is 0.277 e. The topological polar surface area (TPSA) is 141 Å². The average molecular weight is 1010 g/mol. The third-order valence-corrected chi connectivity index (χ3v) is 8.32. The predicted molar refractivity (Wildman–Crippen MR) is 201 cm³/mol. The Morgan fingerprint density at radius 1 is 0.673 bits per heavy atom. The van der Waals surface area contributed by atoms with E-state index in [1.165, 1.54) is 45.0 Å². The molecular weight excluding hydrogens is 978 g/mol. The van der Waals surface area contributed by atoms with Crippen molar-refractivity contribution in [1.82, 2.24) is 11.0 Å². The minimum atomic E-state index is -1.81. The molecule has 4 aromatic carbocycles. The number of rotatable bonds is 14. The van der Waals surface area contributed by atoms with Crippen molar-refractivity contribution in [2.24, 2.45) is 0 Å². The van der Waals surface area contributed by atoms with Gasteiger partial charge in [0.25, 0.3) is 11.8 Å². The van der Waals surface area contributed by atoms with E-state index in [0.29, 0.717) is 19.3 Å². The Morgan fingerprint density at radius 2 is 1.07 bits per heavy atom. The number of hydrogen-bond donors (Lipinski definition) is 6. The van der Waals surface area contributed by atoms with Crippen LogP contribution in [0.1, 0.15) is 54.3 Å². The maximum Gasteiger partial charge on any atom is 0.277 e. The zero-order valence-corrected chi connectivity index (χ0v) is 33.1. The van der Waals surface area contributed by atoms with E-state index < -0.39 is 92.6 Å². The van der Waals surface area contributed by atoms with Gasteiger partial charge in [-0.25, -0.2) is 46.1 Å². The lowest BCUT2D eigenvalue weighted by molar-refractivity contribution is -0.00571. The van der Waals surface area contributed by atoms with Gasteiger partial charge in [-0.05, 0) is 121 Å². The molecule has 0 aliphatic rings. The molecule has 0 heterocycles. The number of benzene rings is 4. The minimum Gasteiger partial charge on any atom is -0.393 e. The summed E-state index contributed by atoms with van der Waals surface area (Å²) in [5.74, 6) is -13.9. The number of carbonyl (C=O) groups excluding carboxylic acids is 2. The molecule has 0 saturated heterocycles. The van der Waals surface area contributed by atoms with E-state index in [9.17, 15) is 49.8 Å². The highest BCUT2D eigenvalue weighted by Crippen LogP contribution is 2.31. The SMILES string of the molecule is CC(C)(O)CCONC(=O)c1cc(F)c(F)c(F)c1Nc1ccc(I)cc1F.CC(O)CCONC(=O)c1cc(F)c(F)c(F)c1Nc1ccc(I)cc1F. The van der Waals surface area contributed by atoms with Gasteiger partial charge in [0, 0.05) is 13.6 Å². The molecule has 0 saturated carbocycles. The van der Waals surface area contributed by atoms with Crippen molar-refractivity contribution < 1.29 is 64.6 Å². The Balaban J connectivity index is 0.000000296. The van der Waals surface area contributed by atoms with Crippen LogP contribution in [-0.2, 0) is 9.68 Å². The highest BCUT2D eigenvalue weighted by molar-refractivity contribution is 14.1. The maximum atomic E-state index is 14.3. The summed E-state index contributed by atoms with van der Waals surface area (Å²) in [6, 6.07) is 8.75. The van der Waals surface area contributed by atoms with Gasteiger partial charge in [-0.15, -0.1) is 0 Å². The number of aliphatic hydroxyl groups excluding tert-OH is 1. The molecule has 4 rings (SSSR count). The van der Waals surface area contributed by atoms with Crippen LogP contribution >= 0.6 is 45.2 Å². The number of aliphatic hydroxyl groups is 2. The summed E-state index contributed by atoms with van der Waals surface area (Å²) < 4.78 is 112. The van der Waals surface area contributed by atoms with Crippen molar-refractivity contribution in [2.75, 3.05) is 23.8 Å². The lowest BCUT2D eigenvalue weighted by Crippen LogP contribution is -2.29. The number of carbonyl (C=O) groups is 2. The van der Waals surface area contributed by atoms with Crippen molar-refractivity contribution in [3.05, 3.63) is 113 Å². The number of amides is 2. The average Bonchev–Trinajstić information content (AvgIpc) is 3.10. The summed E-state index contributed by atoms with van der Waals surface area (Å²) in [5, 5.41) is 23.3. The second-order valence-corrected chi connectivity index (χ2v) is 14.6. The van der Waals surface area contributed by atoms with Crippen molar-refractivity contribution in [3.63, 3.8) is 0 Å². The Labute approximate surface area is 336 Å². The summed E-state index contributed by atoms with van der Waals surface area (Å²) in [5.41, 5.74) is -0.365. The molecule has 2 amide bonds. The molecule has 298 valence electrons. The van der Waals surface area contributed by atoms with Gasteiger partial charge < -0.3 is 20.8 Å². The molecule has 0 spiro atoms. The van der Waals surface area contributed by atoms with Crippen LogP contribution in [-0.4, -0.2) is 46.9 Å². The summed E-state index contributed by atoms with van der Waals surface area (Å²) in [6.07, 6.45) is -0.312. The minimum absolute atomic E-state index is 0.0654. The van der Waals surface area contributed by atoms with Crippen LogP contribution in [0.25, 0.3) is 0 Å². The first-order valence-electron chi connectivity index (χ1n) is 15.7. The summed E-state index contributed by atoms with van der Waals surface area (Å²) >= 11 is 3.72. The highest BCUT2D eigenvalue weighted by atomic mass is 127. The highest BCUT2D eigenvalue weighted by Gasteiger charge is 2.26. The van der Waals surface area contributed by atoms with Gasteiger partial charge in [0.05, 0.1) is 58.8 Å². The van der Waals surface area contributed by atoms with Crippen molar-refractivity contribution in [2.45, 2.75) is 45.3 Å². The standard InChI is InChI=1S/C18H17F4IN2O3.C17H15F4IN2O3/c1-18(2,27)5-6-28-25-17(26)10-8-12(20)14(21)15(22)16(10)24-13-4-3-9(23)7-11(13)19;1-8(25)4-5-27-24-17(26)10-7-12(19)14(20)15(21)16(10)23-13-3-2-9(22)6-11(13)18/h3-4,7-8,24,27H,5-6H2,1-2H3,(H,25,26);2-3,6-8,23,25H,4-5H2,1H3,(H,24,26). The van der Waals surface area contributed by atoms with E-state index >= 15 is 0 Å². The quantitative estimate of drug-likeness (QED) is 0.0243. The van der Waals surface area contributed by atoms with Gasteiger partial charge in [0.15, 0.2) is 34.9 Å². The lowest BCUT2D eigenvalue weighted by atomic mass is 10.1. The monoisotopic (exact) mass is 1010 g/mol. The fourth-order valence-electron chi connectivity index (χ4n) is 4.12. The van der Waals surface area contributed by atoms with Crippen LogP contribution in [0.4, 0.5) is 57.9 Å².